The lowest BCUT2D eigenvalue weighted by Crippen LogP contribution is -2.01. The van der Waals surface area contributed by atoms with Gasteiger partial charge in [-0.25, -0.2) is 0 Å². The fourth-order valence-corrected chi connectivity index (χ4v) is 2.84. The van der Waals surface area contributed by atoms with E-state index in [-0.39, 0.29) is 0 Å². The minimum absolute atomic E-state index is 0.311. The lowest BCUT2D eigenvalue weighted by atomic mass is 10.2. The molecule has 1 heterocycles. The monoisotopic (exact) mass is 391 g/mol. The molecule has 0 aliphatic rings. The van der Waals surface area contributed by atoms with E-state index in [1.165, 1.54) is 0 Å². The van der Waals surface area contributed by atoms with Crippen LogP contribution in [0.5, 0.6) is 11.8 Å². The van der Waals surface area contributed by atoms with Gasteiger partial charge in [-0.15, -0.1) is 0 Å². The van der Waals surface area contributed by atoms with E-state index in [0.29, 0.717) is 18.3 Å². The molecule has 0 saturated carbocycles. The van der Waals surface area contributed by atoms with E-state index >= 15 is 0 Å². The first-order valence-electron chi connectivity index (χ1n) is 8.80. The van der Waals surface area contributed by atoms with Crippen molar-refractivity contribution < 1.29 is 4.74 Å². The van der Waals surface area contributed by atoms with Crippen molar-refractivity contribution in [2.24, 2.45) is 0 Å². The number of hydrogen-bond acceptors (Lipinski definition) is 5. The first kappa shape index (κ1) is 18.0. The molecule has 4 rings (SSSR count). The highest BCUT2D eigenvalue weighted by molar-refractivity contribution is 6.31. The molecule has 0 amide bonds. The van der Waals surface area contributed by atoms with E-state index < -0.39 is 0 Å². The fraction of sp³-hybridized carbons (Fsp3) is 0.0952. The maximum atomic E-state index is 6.17. The van der Waals surface area contributed by atoms with Crippen molar-refractivity contribution in [2.75, 3.05) is 5.32 Å². The van der Waals surface area contributed by atoms with Crippen molar-refractivity contribution in [3.63, 3.8) is 0 Å². The van der Waals surface area contributed by atoms with Gasteiger partial charge in [-0.2, -0.15) is 4.68 Å². The molecule has 0 radical (unpaired) electrons. The lowest BCUT2D eigenvalue weighted by molar-refractivity contribution is 0.427. The Kier molecular flexibility index (Phi) is 5.21. The fourth-order valence-electron chi connectivity index (χ4n) is 2.66. The summed E-state index contributed by atoms with van der Waals surface area (Å²) in [6, 6.07) is 23.6. The summed E-state index contributed by atoms with van der Waals surface area (Å²) in [7, 11) is 0. The van der Waals surface area contributed by atoms with Crippen LogP contribution in [0.3, 0.4) is 0 Å². The Bertz CT molecular complexity index is 1060. The number of nitrogens with zero attached hydrogens (tertiary/aromatic N) is 4. The van der Waals surface area contributed by atoms with Crippen LogP contribution in [-0.4, -0.2) is 20.2 Å². The van der Waals surface area contributed by atoms with Gasteiger partial charge in [-0.3, -0.25) is 0 Å². The number of tetrazole rings is 1. The summed E-state index contributed by atoms with van der Waals surface area (Å²) >= 11 is 6.17. The summed E-state index contributed by atoms with van der Waals surface area (Å²) in [5.74, 6) is 0.661. The molecule has 0 bridgehead atoms. The van der Waals surface area contributed by atoms with Crippen LogP contribution in [0.1, 0.15) is 11.1 Å². The standard InChI is InChI=1S/C21H18ClN5O/c1-15-7-10-17(13-20(15)22)23-14-16-8-11-19(12-9-16)28-21-24-25-26-27(21)18-5-3-2-4-6-18/h2-13,23H,14H2,1H3. The quantitative estimate of drug-likeness (QED) is 0.499. The van der Waals surface area contributed by atoms with Crippen LogP contribution in [0.2, 0.25) is 5.02 Å². The van der Waals surface area contributed by atoms with Gasteiger partial charge in [0, 0.05) is 17.3 Å². The minimum atomic E-state index is 0.311. The zero-order chi connectivity index (χ0) is 19.3. The van der Waals surface area contributed by atoms with Gasteiger partial charge in [-0.1, -0.05) is 53.1 Å². The molecular formula is C21H18ClN5O. The second kappa shape index (κ2) is 8.10. The molecule has 0 aliphatic carbocycles. The molecule has 1 N–H and O–H groups in total. The molecule has 0 spiro atoms. The predicted octanol–water partition coefficient (Wildman–Crippen LogP) is 5.03. The Morgan fingerprint density at radius 1 is 1.00 bits per heavy atom. The molecule has 0 atom stereocenters. The molecule has 3 aromatic carbocycles. The Hall–Kier alpha value is -3.38. The number of ether oxygens (including phenoxy) is 1. The second-order valence-electron chi connectivity index (χ2n) is 6.27. The van der Waals surface area contributed by atoms with E-state index in [1.807, 2.05) is 79.7 Å². The zero-order valence-corrected chi connectivity index (χ0v) is 16.0. The van der Waals surface area contributed by atoms with Crippen molar-refractivity contribution in [2.45, 2.75) is 13.5 Å². The van der Waals surface area contributed by atoms with Crippen molar-refractivity contribution in [3.8, 4) is 17.4 Å². The van der Waals surface area contributed by atoms with Crippen molar-refractivity contribution in [1.82, 2.24) is 20.2 Å². The average Bonchev–Trinajstić information content (AvgIpc) is 3.19. The Labute approximate surface area is 167 Å². The Balaban J connectivity index is 1.42. The first-order chi connectivity index (χ1) is 13.7. The largest absolute Gasteiger partial charge is 0.423 e. The summed E-state index contributed by atoms with van der Waals surface area (Å²) in [4.78, 5) is 0. The number of halogens is 1. The lowest BCUT2D eigenvalue weighted by Gasteiger charge is -2.09. The summed E-state index contributed by atoms with van der Waals surface area (Å²) in [5.41, 5.74) is 4.00. The number of hydrogen-bond donors (Lipinski definition) is 1. The number of rotatable bonds is 6. The predicted molar refractivity (Wildman–Crippen MR) is 109 cm³/mol. The third-order valence-corrected chi connectivity index (χ3v) is 4.65. The summed E-state index contributed by atoms with van der Waals surface area (Å²) in [6.45, 7) is 2.67. The number of para-hydroxylation sites is 1. The normalized spacial score (nSPS) is 10.6. The van der Waals surface area contributed by atoms with Gasteiger partial charge >= 0.3 is 6.01 Å². The van der Waals surface area contributed by atoms with E-state index in [4.69, 9.17) is 16.3 Å². The van der Waals surface area contributed by atoms with Crippen molar-refractivity contribution >= 4 is 17.3 Å². The molecule has 0 unspecified atom stereocenters. The van der Waals surface area contributed by atoms with Gasteiger partial charge < -0.3 is 10.1 Å². The molecular weight excluding hydrogens is 374 g/mol. The van der Waals surface area contributed by atoms with E-state index in [1.54, 1.807) is 4.68 Å². The van der Waals surface area contributed by atoms with E-state index in [2.05, 4.69) is 20.8 Å². The highest BCUT2D eigenvalue weighted by Crippen LogP contribution is 2.23. The maximum Gasteiger partial charge on any atom is 0.345 e. The summed E-state index contributed by atoms with van der Waals surface area (Å²) < 4.78 is 7.39. The first-order valence-corrected chi connectivity index (χ1v) is 9.17. The summed E-state index contributed by atoms with van der Waals surface area (Å²) in [5, 5.41) is 15.8. The Morgan fingerprint density at radius 3 is 2.54 bits per heavy atom. The molecule has 4 aromatic rings. The third kappa shape index (κ3) is 4.13. The highest BCUT2D eigenvalue weighted by Gasteiger charge is 2.10. The second-order valence-corrected chi connectivity index (χ2v) is 6.68. The molecule has 6 nitrogen and oxygen atoms in total. The van der Waals surface area contributed by atoms with Gasteiger partial charge in [0.25, 0.3) is 0 Å². The molecule has 1 aromatic heterocycles. The smallest absolute Gasteiger partial charge is 0.345 e. The minimum Gasteiger partial charge on any atom is -0.423 e. The number of aromatic nitrogens is 4. The molecule has 7 heteroatoms. The molecule has 28 heavy (non-hydrogen) atoms. The highest BCUT2D eigenvalue weighted by atomic mass is 35.5. The number of anilines is 1. The van der Waals surface area contributed by atoms with Gasteiger partial charge in [0.1, 0.15) is 5.75 Å². The summed E-state index contributed by atoms with van der Waals surface area (Å²) in [6.07, 6.45) is 0. The number of benzene rings is 3. The van der Waals surface area contributed by atoms with Crippen molar-refractivity contribution in [3.05, 3.63) is 88.9 Å². The number of aryl methyl sites for hydroxylation is 1. The van der Waals surface area contributed by atoms with E-state index in [0.717, 1.165) is 27.5 Å². The van der Waals surface area contributed by atoms with Crippen LogP contribution in [0.15, 0.2) is 72.8 Å². The molecule has 0 fully saturated rings. The van der Waals surface area contributed by atoms with Crippen LogP contribution in [0.4, 0.5) is 5.69 Å². The van der Waals surface area contributed by atoms with Crippen LogP contribution in [0.25, 0.3) is 5.69 Å². The van der Waals surface area contributed by atoms with Gasteiger partial charge in [-0.05, 0) is 64.9 Å². The molecule has 0 aliphatic heterocycles. The van der Waals surface area contributed by atoms with Gasteiger partial charge in [0.2, 0.25) is 0 Å². The van der Waals surface area contributed by atoms with Crippen LogP contribution >= 0.6 is 11.6 Å². The molecule has 0 saturated heterocycles. The average molecular weight is 392 g/mol. The zero-order valence-electron chi connectivity index (χ0n) is 15.2. The Morgan fingerprint density at radius 2 is 1.79 bits per heavy atom. The van der Waals surface area contributed by atoms with Crippen LogP contribution < -0.4 is 10.1 Å². The van der Waals surface area contributed by atoms with Crippen molar-refractivity contribution in [1.29, 1.82) is 0 Å². The molecule has 140 valence electrons. The topological polar surface area (TPSA) is 64.9 Å². The van der Waals surface area contributed by atoms with Crippen LogP contribution in [-0.2, 0) is 6.54 Å². The van der Waals surface area contributed by atoms with E-state index in [9.17, 15) is 0 Å². The third-order valence-electron chi connectivity index (χ3n) is 4.24. The maximum absolute atomic E-state index is 6.17. The van der Waals surface area contributed by atoms with Gasteiger partial charge in [0.05, 0.1) is 5.69 Å². The SMILES string of the molecule is Cc1ccc(NCc2ccc(Oc3nnnn3-c3ccccc3)cc2)cc1Cl. The number of nitrogens with one attached hydrogen (secondary N) is 1. The van der Waals surface area contributed by atoms with Gasteiger partial charge in [0.15, 0.2) is 0 Å². The van der Waals surface area contributed by atoms with Crippen LogP contribution in [0, 0.1) is 6.92 Å².